The van der Waals surface area contributed by atoms with Crippen molar-refractivity contribution < 1.29 is 0 Å². The van der Waals surface area contributed by atoms with Crippen LogP contribution in [0.5, 0.6) is 0 Å². The minimum atomic E-state index is 0.625. The Balaban J connectivity index is 1.95. The summed E-state index contributed by atoms with van der Waals surface area (Å²) in [7, 11) is 0. The number of anilines is 3. The SMILES string of the molecule is CCCN(CCC)c1cnnc(N(Cc2ccccc2)c2ccccc2)n1. The van der Waals surface area contributed by atoms with Gasteiger partial charge in [0.2, 0.25) is 0 Å². The van der Waals surface area contributed by atoms with Gasteiger partial charge < -0.3 is 9.80 Å². The van der Waals surface area contributed by atoms with E-state index in [2.05, 4.69) is 70.2 Å². The second kappa shape index (κ2) is 9.67. The Hall–Kier alpha value is -2.95. The molecule has 27 heavy (non-hydrogen) atoms. The largest absolute Gasteiger partial charge is 0.355 e. The van der Waals surface area contributed by atoms with Crippen molar-refractivity contribution in [1.29, 1.82) is 0 Å². The zero-order valence-corrected chi connectivity index (χ0v) is 16.1. The summed E-state index contributed by atoms with van der Waals surface area (Å²) in [5.74, 6) is 1.51. The fourth-order valence-electron chi connectivity index (χ4n) is 3.08. The molecule has 0 aliphatic rings. The van der Waals surface area contributed by atoms with E-state index >= 15 is 0 Å². The molecule has 0 spiro atoms. The molecule has 3 aromatic rings. The maximum atomic E-state index is 4.86. The van der Waals surface area contributed by atoms with E-state index in [1.54, 1.807) is 6.20 Å². The summed E-state index contributed by atoms with van der Waals surface area (Å²) in [6.07, 6.45) is 3.91. The Morgan fingerprint density at radius 2 is 1.44 bits per heavy atom. The van der Waals surface area contributed by atoms with Gasteiger partial charge in [0.25, 0.3) is 5.95 Å². The molecule has 0 saturated carbocycles. The Morgan fingerprint density at radius 1 is 0.815 bits per heavy atom. The fourth-order valence-corrected chi connectivity index (χ4v) is 3.08. The number of aromatic nitrogens is 3. The number of rotatable bonds is 9. The van der Waals surface area contributed by atoms with E-state index in [9.17, 15) is 0 Å². The maximum Gasteiger partial charge on any atom is 0.252 e. The number of hydrogen-bond donors (Lipinski definition) is 0. The van der Waals surface area contributed by atoms with Crippen molar-refractivity contribution in [2.24, 2.45) is 0 Å². The first-order chi connectivity index (χ1) is 13.3. The summed E-state index contributed by atoms with van der Waals surface area (Å²) >= 11 is 0. The van der Waals surface area contributed by atoms with Crippen LogP contribution in [0, 0.1) is 0 Å². The molecule has 0 amide bonds. The molecule has 0 fully saturated rings. The summed E-state index contributed by atoms with van der Waals surface area (Å²) in [5, 5.41) is 8.62. The van der Waals surface area contributed by atoms with Crippen molar-refractivity contribution in [2.75, 3.05) is 22.9 Å². The summed E-state index contributed by atoms with van der Waals surface area (Å²) in [6.45, 7) is 7.00. The first kappa shape index (κ1) is 18.8. The number of hydrogen-bond acceptors (Lipinski definition) is 5. The average molecular weight is 361 g/mol. The van der Waals surface area contributed by atoms with Crippen molar-refractivity contribution >= 4 is 17.5 Å². The fraction of sp³-hybridized carbons (Fsp3) is 0.318. The molecule has 1 heterocycles. The van der Waals surface area contributed by atoms with E-state index in [-0.39, 0.29) is 0 Å². The topological polar surface area (TPSA) is 45.2 Å². The van der Waals surface area contributed by atoms with E-state index in [4.69, 9.17) is 4.98 Å². The third-order valence-corrected chi connectivity index (χ3v) is 4.34. The first-order valence-corrected chi connectivity index (χ1v) is 9.63. The Bertz CT molecular complexity index is 801. The summed E-state index contributed by atoms with van der Waals surface area (Å²) in [4.78, 5) is 9.26. The van der Waals surface area contributed by atoms with Crippen LogP contribution in [0.25, 0.3) is 0 Å². The highest BCUT2D eigenvalue weighted by molar-refractivity contribution is 5.58. The Labute approximate surface area is 161 Å². The van der Waals surface area contributed by atoms with Gasteiger partial charge in [-0.05, 0) is 30.5 Å². The molecule has 3 rings (SSSR count). The zero-order valence-electron chi connectivity index (χ0n) is 16.1. The third kappa shape index (κ3) is 5.03. The van der Waals surface area contributed by atoms with Crippen molar-refractivity contribution in [3.8, 4) is 0 Å². The molecule has 140 valence electrons. The molecule has 2 aromatic carbocycles. The van der Waals surface area contributed by atoms with Crippen LogP contribution < -0.4 is 9.80 Å². The molecule has 0 N–H and O–H groups in total. The lowest BCUT2D eigenvalue weighted by molar-refractivity contribution is 0.723. The molecule has 5 heteroatoms. The molecule has 0 aliphatic carbocycles. The maximum absolute atomic E-state index is 4.86. The molecular weight excluding hydrogens is 334 g/mol. The summed E-state index contributed by atoms with van der Waals surface area (Å²) in [6, 6.07) is 20.6. The van der Waals surface area contributed by atoms with E-state index < -0.39 is 0 Å². The summed E-state index contributed by atoms with van der Waals surface area (Å²) in [5.41, 5.74) is 2.26. The predicted molar refractivity (Wildman–Crippen MR) is 111 cm³/mol. The van der Waals surface area contributed by atoms with Crippen molar-refractivity contribution in [2.45, 2.75) is 33.2 Å². The normalized spacial score (nSPS) is 10.6. The van der Waals surface area contributed by atoms with Crippen molar-refractivity contribution in [3.63, 3.8) is 0 Å². The third-order valence-electron chi connectivity index (χ3n) is 4.34. The lowest BCUT2D eigenvalue weighted by Crippen LogP contribution is -2.27. The van der Waals surface area contributed by atoms with E-state index in [1.807, 2.05) is 24.3 Å². The van der Waals surface area contributed by atoms with Crippen LogP contribution in [0.1, 0.15) is 32.3 Å². The molecule has 0 aliphatic heterocycles. The highest BCUT2D eigenvalue weighted by Crippen LogP contribution is 2.25. The highest BCUT2D eigenvalue weighted by Gasteiger charge is 2.16. The molecule has 1 aromatic heterocycles. The van der Waals surface area contributed by atoms with Gasteiger partial charge in [-0.3, -0.25) is 0 Å². The van der Waals surface area contributed by atoms with E-state index in [1.165, 1.54) is 5.56 Å². The van der Waals surface area contributed by atoms with E-state index in [0.29, 0.717) is 12.5 Å². The molecule has 0 atom stereocenters. The monoisotopic (exact) mass is 361 g/mol. The highest BCUT2D eigenvalue weighted by atomic mass is 15.3. The van der Waals surface area contributed by atoms with Gasteiger partial charge in [0.1, 0.15) is 0 Å². The van der Waals surface area contributed by atoms with Gasteiger partial charge in [-0.2, -0.15) is 10.1 Å². The number of para-hydroxylation sites is 1. The second-order valence-electron chi connectivity index (χ2n) is 6.51. The van der Waals surface area contributed by atoms with Crippen LogP contribution in [0.4, 0.5) is 17.5 Å². The Kier molecular flexibility index (Phi) is 6.74. The van der Waals surface area contributed by atoms with Crippen LogP contribution in [0.15, 0.2) is 66.9 Å². The van der Waals surface area contributed by atoms with Crippen molar-refractivity contribution in [1.82, 2.24) is 15.2 Å². The zero-order chi connectivity index (χ0) is 18.9. The van der Waals surface area contributed by atoms with Crippen LogP contribution in [-0.2, 0) is 6.54 Å². The van der Waals surface area contributed by atoms with Crippen LogP contribution >= 0.6 is 0 Å². The molecule has 0 radical (unpaired) electrons. The van der Waals surface area contributed by atoms with Gasteiger partial charge in [0.15, 0.2) is 5.82 Å². The van der Waals surface area contributed by atoms with Crippen LogP contribution in [-0.4, -0.2) is 28.3 Å². The molecule has 0 bridgehead atoms. The smallest absolute Gasteiger partial charge is 0.252 e. The lowest BCUT2D eigenvalue weighted by atomic mass is 10.2. The number of benzene rings is 2. The van der Waals surface area contributed by atoms with Gasteiger partial charge in [-0.15, -0.1) is 5.10 Å². The Morgan fingerprint density at radius 3 is 2.07 bits per heavy atom. The lowest BCUT2D eigenvalue weighted by Gasteiger charge is -2.26. The number of nitrogens with zero attached hydrogens (tertiary/aromatic N) is 5. The summed E-state index contributed by atoms with van der Waals surface area (Å²) < 4.78 is 0. The van der Waals surface area contributed by atoms with Crippen LogP contribution in [0.3, 0.4) is 0 Å². The van der Waals surface area contributed by atoms with Gasteiger partial charge in [0, 0.05) is 18.8 Å². The second-order valence-corrected chi connectivity index (χ2v) is 6.51. The minimum absolute atomic E-state index is 0.625. The van der Waals surface area contributed by atoms with Crippen LogP contribution in [0.2, 0.25) is 0 Å². The van der Waals surface area contributed by atoms with Gasteiger partial charge in [-0.25, -0.2) is 0 Å². The quantitative estimate of drug-likeness (QED) is 0.546. The van der Waals surface area contributed by atoms with Gasteiger partial charge in [-0.1, -0.05) is 62.4 Å². The predicted octanol–water partition coefficient (Wildman–Crippen LogP) is 4.84. The first-order valence-electron chi connectivity index (χ1n) is 9.63. The van der Waals surface area contributed by atoms with Gasteiger partial charge >= 0.3 is 0 Å². The molecule has 5 nitrogen and oxygen atoms in total. The average Bonchev–Trinajstić information content (AvgIpc) is 2.73. The molecule has 0 unspecified atom stereocenters. The standard InChI is InChI=1S/C22H27N5/c1-3-15-26(16-4-2)21-17-23-25-22(24-21)27(20-13-9-6-10-14-20)18-19-11-7-5-8-12-19/h5-14,17H,3-4,15-16,18H2,1-2H3. The minimum Gasteiger partial charge on any atom is -0.355 e. The molecule has 0 saturated heterocycles. The molecular formula is C22H27N5. The van der Waals surface area contributed by atoms with Crippen molar-refractivity contribution in [3.05, 3.63) is 72.4 Å². The van der Waals surface area contributed by atoms with Gasteiger partial charge in [0.05, 0.1) is 12.7 Å². The van der Waals surface area contributed by atoms with E-state index in [0.717, 1.165) is 37.4 Å².